The van der Waals surface area contributed by atoms with Gasteiger partial charge in [0.25, 0.3) is 0 Å². The molecule has 1 fully saturated rings. The summed E-state index contributed by atoms with van der Waals surface area (Å²) in [6.45, 7) is 9.28. The lowest BCUT2D eigenvalue weighted by molar-refractivity contribution is -0.145. The van der Waals surface area contributed by atoms with Crippen LogP contribution in [0.25, 0.3) is 10.6 Å². The standard InChI is InChI=1S/C35H36F3N3O4S2/c1-4-44-33(43)21-45-31-14-13-29(19-23(31)2)46-22-32-30(39-34(47-32)26-5-9-27(10-6-26)35(36,37)38)20-40-15-17-41(18-16-40)28-11-7-25(8-12-28)24(3)42/h5-14,19H,4,15-18,20-22H2,1-3H3. The minimum Gasteiger partial charge on any atom is -0.482 e. The Morgan fingerprint density at radius 3 is 2.30 bits per heavy atom. The fourth-order valence-electron chi connectivity index (χ4n) is 5.19. The highest BCUT2D eigenvalue weighted by atomic mass is 32.2. The number of rotatable bonds is 12. The lowest BCUT2D eigenvalue weighted by Crippen LogP contribution is -2.46. The van der Waals surface area contributed by atoms with Gasteiger partial charge in [-0.15, -0.1) is 23.1 Å². The van der Waals surface area contributed by atoms with E-state index < -0.39 is 17.7 Å². The maximum atomic E-state index is 13.2. The van der Waals surface area contributed by atoms with E-state index in [0.717, 1.165) is 65.0 Å². The molecule has 3 aromatic carbocycles. The zero-order chi connectivity index (χ0) is 33.6. The predicted octanol–water partition coefficient (Wildman–Crippen LogP) is 7.90. The first-order chi connectivity index (χ1) is 22.5. The van der Waals surface area contributed by atoms with Crippen molar-refractivity contribution in [3.8, 4) is 16.3 Å². The molecular formula is C35H36F3N3O4S2. The highest BCUT2D eigenvalue weighted by Crippen LogP contribution is 2.36. The van der Waals surface area contributed by atoms with Gasteiger partial charge in [0.1, 0.15) is 10.8 Å². The highest BCUT2D eigenvalue weighted by molar-refractivity contribution is 7.98. The third-order valence-electron chi connectivity index (χ3n) is 7.79. The van der Waals surface area contributed by atoms with Crippen LogP contribution in [0.15, 0.2) is 71.6 Å². The number of hydrogen-bond donors (Lipinski definition) is 0. The Labute approximate surface area is 280 Å². The molecule has 0 aliphatic carbocycles. The Hall–Kier alpha value is -3.87. The molecule has 0 saturated carbocycles. The molecular weight excluding hydrogens is 648 g/mol. The van der Waals surface area contributed by atoms with Crippen LogP contribution in [0.5, 0.6) is 5.75 Å². The molecule has 47 heavy (non-hydrogen) atoms. The number of carbonyl (C=O) groups is 2. The molecule has 0 unspecified atom stereocenters. The lowest BCUT2D eigenvalue weighted by atomic mass is 10.1. The van der Waals surface area contributed by atoms with E-state index in [4.69, 9.17) is 14.5 Å². The van der Waals surface area contributed by atoms with Crippen LogP contribution in [0.4, 0.5) is 18.9 Å². The number of carbonyl (C=O) groups excluding carboxylic acids is 2. The summed E-state index contributed by atoms with van der Waals surface area (Å²) in [6, 6.07) is 18.6. The van der Waals surface area contributed by atoms with Gasteiger partial charge in [-0.1, -0.05) is 12.1 Å². The highest BCUT2D eigenvalue weighted by Gasteiger charge is 2.30. The second kappa shape index (κ2) is 15.4. The zero-order valence-corrected chi connectivity index (χ0v) is 28.1. The number of ketones is 1. The molecule has 0 atom stereocenters. The number of alkyl halides is 3. The quantitative estimate of drug-likeness (QED) is 0.0849. The Kier molecular flexibility index (Phi) is 11.3. The maximum Gasteiger partial charge on any atom is 0.416 e. The summed E-state index contributed by atoms with van der Waals surface area (Å²) in [5.41, 5.74) is 3.55. The molecule has 1 aliphatic heterocycles. The van der Waals surface area contributed by atoms with Crippen molar-refractivity contribution in [2.24, 2.45) is 0 Å². The number of halogens is 3. The number of thiazole rings is 1. The number of aryl methyl sites for hydroxylation is 1. The molecule has 2 heterocycles. The van der Waals surface area contributed by atoms with Gasteiger partial charge in [-0.2, -0.15) is 13.2 Å². The van der Waals surface area contributed by atoms with Crippen molar-refractivity contribution in [2.45, 2.75) is 44.1 Å². The van der Waals surface area contributed by atoms with Crippen molar-refractivity contribution in [2.75, 3.05) is 44.3 Å². The normalized spacial score (nSPS) is 13.9. The Morgan fingerprint density at radius 1 is 0.979 bits per heavy atom. The van der Waals surface area contributed by atoms with Crippen molar-refractivity contribution >= 4 is 40.5 Å². The molecule has 0 spiro atoms. The molecule has 5 rings (SSSR count). The van der Waals surface area contributed by atoms with E-state index in [2.05, 4.69) is 9.80 Å². The van der Waals surface area contributed by atoms with Crippen molar-refractivity contribution in [3.63, 3.8) is 0 Å². The van der Waals surface area contributed by atoms with E-state index in [1.807, 2.05) is 49.4 Å². The smallest absolute Gasteiger partial charge is 0.416 e. The summed E-state index contributed by atoms with van der Waals surface area (Å²) >= 11 is 3.15. The van der Waals surface area contributed by atoms with E-state index in [9.17, 15) is 22.8 Å². The van der Waals surface area contributed by atoms with Gasteiger partial charge in [-0.25, -0.2) is 9.78 Å². The van der Waals surface area contributed by atoms with Crippen LogP contribution in [-0.2, 0) is 28.0 Å². The van der Waals surface area contributed by atoms with Crippen LogP contribution in [0.3, 0.4) is 0 Å². The Balaban J connectivity index is 1.29. The second-order valence-corrected chi connectivity index (χ2v) is 13.3. The van der Waals surface area contributed by atoms with Gasteiger partial charge in [0, 0.05) is 65.1 Å². The number of hydrogen-bond acceptors (Lipinski definition) is 9. The first kappa shape index (κ1) is 34.5. The van der Waals surface area contributed by atoms with Gasteiger partial charge in [-0.3, -0.25) is 9.69 Å². The van der Waals surface area contributed by atoms with Gasteiger partial charge >= 0.3 is 12.1 Å². The fraction of sp³-hybridized carbons (Fsp3) is 0.343. The van der Waals surface area contributed by atoms with Gasteiger partial charge in [0.15, 0.2) is 12.4 Å². The number of aromatic nitrogens is 1. The number of benzene rings is 3. The van der Waals surface area contributed by atoms with Gasteiger partial charge < -0.3 is 14.4 Å². The maximum absolute atomic E-state index is 13.2. The fourth-order valence-corrected chi connectivity index (χ4v) is 7.36. The molecule has 1 aliphatic rings. The number of ether oxygens (including phenoxy) is 2. The topological polar surface area (TPSA) is 72.0 Å². The minimum atomic E-state index is -4.40. The third-order valence-corrected chi connectivity index (χ3v) is 10.1. The third kappa shape index (κ3) is 9.15. The van der Waals surface area contributed by atoms with Gasteiger partial charge in [0.05, 0.1) is 17.9 Å². The molecule has 12 heteroatoms. The second-order valence-electron chi connectivity index (χ2n) is 11.1. The van der Waals surface area contributed by atoms with E-state index in [1.54, 1.807) is 25.6 Å². The average molecular weight is 684 g/mol. The van der Waals surface area contributed by atoms with Crippen molar-refractivity contribution in [3.05, 3.63) is 94.0 Å². The predicted molar refractivity (Wildman–Crippen MR) is 179 cm³/mol. The zero-order valence-electron chi connectivity index (χ0n) is 26.4. The van der Waals surface area contributed by atoms with Crippen molar-refractivity contribution in [1.82, 2.24) is 9.88 Å². The molecule has 0 bridgehead atoms. The number of Topliss-reactive ketones (excluding diaryl/α,β-unsaturated/α-hetero) is 1. The Morgan fingerprint density at radius 2 is 1.68 bits per heavy atom. The molecule has 1 saturated heterocycles. The summed E-state index contributed by atoms with van der Waals surface area (Å²) in [4.78, 5) is 35.0. The molecule has 1 aromatic heterocycles. The minimum absolute atomic E-state index is 0.0430. The summed E-state index contributed by atoms with van der Waals surface area (Å²) in [5.74, 6) is 0.871. The number of esters is 1. The van der Waals surface area contributed by atoms with Crippen LogP contribution in [-0.4, -0.2) is 61.0 Å². The first-order valence-corrected chi connectivity index (χ1v) is 17.1. The van der Waals surface area contributed by atoms with Crippen LogP contribution in [0, 0.1) is 6.92 Å². The van der Waals surface area contributed by atoms with Gasteiger partial charge in [0.2, 0.25) is 0 Å². The molecule has 7 nitrogen and oxygen atoms in total. The first-order valence-electron chi connectivity index (χ1n) is 15.3. The van der Waals surface area contributed by atoms with E-state index in [1.165, 1.54) is 23.5 Å². The van der Waals surface area contributed by atoms with Crippen LogP contribution < -0.4 is 9.64 Å². The number of thioether (sulfide) groups is 1. The van der Waals surface area contributed by atoms with E-state index >= 15 is 0 Å². The van der Waals surface area contributed by atoms with E-state index in [-0.39, 0.29) is 12.4 Å². The molecule has 4 aromatic rings. The summed E-state index contributed by atoms with van der Waals surface area (Å²) in [5, 5.41) is 0.687. The SMILES string of the molecule is CCOC(=O)COc1ccc(SCc2sc(-c3ccc(C(F)(F)F)cc3)nc2CN2CCN(c3ccc(C(C)=O)cc3)CC2)cc1C. The molecule has 0 radical (unpaired) electrons. The van der Waals surface area contributed by atoms with E-state index in [0.29, 0.717) is 40.8 Å². The van der Waals surface area contributed by atoms with Crippen molar-refractivity contribution in [1.29, 1.82) is 0 Å². The summed E-state index contributed by atoms with van der Waals surface area (Å²) < 4.78 is 50.1. The lowest BCUT2D eigenvalue weighted by Gasteiger charge is -2.36. The number of anilines is 1. The van der Waals surface area contributed by atoms with Gasteiger partial charge in [-0.05, 0) is 80.9 Å². The van der Waals surface area contributed by atoms with Crippen LogP contribution >= 0.6 is 23.1 Å². The molecule has 248 valence electrons. The van der Waals surface area contributed by atoms with Crippen LogP contribution in [0.2, 0.25) is 0 Å². The monoisotopic (exact) mass is 683 g/mol. The number of piperazine rings is 1. The number of nitrogens with zero attached hydrogens (tertiary/aromatic N) is 3. The average Bonchev–Trinajstić information content (AvgIpc) is 3.46. The molecule has 0 amide bonds. The molecule has 0 N–H and O–H groups in total. The summed E-state index contributed by atoms with van der Waals surface area (Å²) in [7, 11) is 0. The Bertz CT molecular complexity index is 1680. The van der Waals surface area contributed by atoms with Crippen LogP contribution in [0.1, 0.15) is 45.9 Å². The van der Waals surface area contributed by atoms with Crippen molar-refractivity contribution < 1.29 is 32.2 Å². The largest absolute Gasteiger partial charge is 0.482 e. The summed E-state index contributed by atoms with van der Waals surface area (Å²) in [6.07, 6.45) is -4.40.